The predicted molar refractivity (Wildman–Crippen MR) is 60.3 cm³/mol. The first-order valence-corrected chi connectivity index (χ1v) is 5.06. The molecule has 1 aromatic carbocycles. The summed E-state index contributed by atoms with van der Waals surface area (Å²) in [5.41, 5.74) is -0.112. The molecule has 98 valence electrons. The van der Waals surface area contributed by atoms with Crippen molar-refractivity contribution in [3.63, 3.8) is 0 Å². The maximum Gasteiger partial charge on any atom is 0.328 e. The summed E-state index contributed by atoms with van der Waals surface area (Å²) in [6.45, 7) is 1.22. The van der Waals surface area contributed by atoms with Crippen LogP contribution in [-0.4, -0.2) is 44.4 Å². The van der Waals surface area contributed by atoms with Crippen molar-refractivity contribution in [2.75, 3.05) is 0 Å². The van der Waals surface area contributed by atoms with Crippen LogP contribution < -0.4 is 5.32 Å². The van der Waals surface area contributed by atoms with Gasteiger partial charge in [-0.1, -0.05) is 0 Å². The molecule has 0 aliphatic rings. The van der Waals surface area contributed by atoms with Crippen molar-refractivity contribution in [2.24, 2.45) is 0 Å². The lowest BCUT2D eigenvalue weighted by molar-refractivity contribution is -0.141. The van der Waals surface area contributed by atoms with Crippen LogP contribution in [0.2, 0.25) is 0 Å². The number of benzene rings is 1. The van der Waals surface area contributed by atoms with Crippen LogP contribution in [0.4, 0.5) is 0 Å². The number of carboxylic acids is 1. The lowest BCUT2D eigenvalue weighted by atomic mass is 10.1. The van der Waals surface area contributed by atoms with E-state index in [0.717, 1.165) is 18.2 Å². The highest BCUT2D eigenvalue weighted by molar-refractivity contribution is 5.97. The number of aliphatic hydroxyl groups excluding tert-OH is 1. The van der Waals surface area contributed by atoms with E-state index >= 15 is 0 Å². The third-order valence-electron chi connectivity index (χ3n) is 2.20. The van der Waals surface area contributed by atoms with Crippen LogP contribution in [0, 0.1) is 0 Å². The maximum atomic E-state index is 11.7. The Morgan fingerprint density at radius 1 is 1.17 bits per heavy atom. The Bertz CT molecular complexity index is 450. The van der Waals surface area contributed by atoms with E-state index < -0.39 is 24.0 Å². The molecule has 1 aromatic rings. The first kappa shape index (κ1) is 13.8. The number of phenolic OH excluding ortho intramolecular Hbond substituents is 2. The summed E-state index contributed by atoms with van der Waals surface area (Å²) in [6.07, 6.45) is -1.28. The molecular formula is C11H13NO6. The number of carbonyl (C=O) groups excluding carboxylic acids is 1. The minimum atomic E-state index is -1.47. The van der Waals surface area contributed by atoms with Crippen LogP contribution in [0.25, 0.3) is 0 Å². The standard InChI is InChI=1S/C11H13NO6/c1-5(13)9(11(17)18)12-10(16)6-2-7(14)4-8(15)3-6/h2-5,9,13-15H,1H3,(H,12,16)(H,17,18)/t5-,9+/m1/s1. The summed E-state index contributed by atoms with van der Waals surface area (Å²) in [6, 6.07) is 1.69. The molecule has 0 bridgehead atoms. The third kappa shape index (κ3) is 3.36. The number of hydrogen-bond donors (Lipinski definition) is 5. The number of aliphatic hydroxyl groups is 1. The summed E-state index contributed by atoms with van der Waals surface area (Å²) in [7, 11) is 0. The Labute approximate surface area is 102 Å². The predicted octanol–water partition coefficient (Wildman–Crippen LogP) is -0.338. The molecule has 0 saturated carbocycles. The fourth-order valence-corrected chi connectivity index (χ4v) is 1.34. The normalized spacial score (nSPS) is 13.7. The molecule has 0 aliphatic heterocycles. The first-order chi connectivity index (χ1) is 8.31. The molecule has 2 atom stereocenters. The Morgan fingerprint density at radius 2 is 1.67 bits per heavy atom. The van der Waals surface area contributed by atoms with Crippen LogP contribution in [0.5, 0.6) is 11.5 Å². The number of hydrogen-bond acceptors (Lipinski definition) is 5. The second-order valence-corrected chi connectivity index (χ2v) is 3.77. The van der Waals surface area contributed by atoms with Crippen molar-refractivity contribution in [3.8, 4) is 11.5 Å². The van der Waals surface area contributed by atoms with Gasteiger partial charge in [0, 0.05) is 11.6 Å². The second kappa shape index (κ2) is 5.37. The van der Waals surface area contributed by atoms with E-state index in [-0.39, 0.29) is 17.1 Å². The van der Waals surface area contributed by atoms with Gasteiger partial charge in [-0.2, -0.15) is 0 Å². The molecule has 0 aliphatic carbocycles. The molecule has 18 heavy (non-hydrogen) atoms. The van der Waals surface area contributed by atoms with Crippen LogP contribution in [0.15, 0.2) is 18.2 Å². The number of aliphatic carboxylic acids is 1. The zero-order chi connectivity index (χ0) is 13.9. The smallest absolute Gasteiger partial charge is 0.328 e. The van der Waals surface area contributed by atoms with Gasteiger partial charge in [0.1, 0.15) is 11.5 Å². The van der Waals surface area contributed by atoms with Crippen LogP contribution in [0.3, 0.4) is 0 Å². The molecule has 0 spiro atoms. The van der Waals surface area contributed by atoms with Gasteiger partial charge in [-0.15, -0.1) is 0 Å². The number of amides is 1. The third-order valence-corrected chi connectivity index (χ3v) is 2.20. The molecular weight excluding hydrogens is 242 g/mol. The van der Waals surface area contributed by atoms with E-state index in [1.165, 1.54) is 6.92 Å². The average molecular weight is 255 g/mol. The fraction of sp³-hybridized carbons (Fsp3) is 0.273. The second-order valence-electron chi connectivity index (χ2n) is 3.77. The van der Waals surface area contributed by atoms with Crippen molar-refractivity contribution in [1.29, 1.82) is 0 Å². The largest absolute Gasteiger partial charge is 0.508 e. The van der Waals surface area contributed by atoms with E-state index in [1.54, 1.807) is 0 Å². The van der Waals surface area contributed by atoms with Gasteiger partial charge in [0.15, 0.2) is 6.04 Å². The Balaban J connectivity index is 2.90. The van der Waals surface area contributed by atoms with E-state index in [2.05, 4.69) is 5.32 Å². The zero-order valence-corrected chi connectivity index (χ0v) is 9.49. The quantitative estimate of drug-likeness (QED) is 0.501. The van der Waals surface area contributed by atoms with Crippen LogP contribution >= 0.6 is 0 Å². The van der Waals surface area contributed by atoms with E-state index in [9.17, 15) is 24.9 Å². The maximum absolute atomic E-state index is 11.7. The summed E-state index contributed by atoms with van der Waals surface area (Å²) in [5, 5.41) is 38.4. The zero-order valence-electron chi connectivity index (χ0n) is 9.49. The molecule has 7 nitrogen and oxygen atoms in total. The van der Waals surface area contributed by atoms with Crippen molar-refractivity contribution >= 4 is 11.9 Å². The number of carboxylic acid groups (broad SMARTS) is 1. The molecule has 0 fully saturated rings. The molecule has 1 rings (SSSR count). The topological polar surface area (TPSA) is 127 Å². The van der Waals surface area contributed by atoms with Crippen molar-refractivity contribution in [2.45, 2.75) is 19.1 Å². The minimum Gasteiger partial charge on any atom is -0.508 e. The van der Waals surface area contributed by atoms with Gasteiger partial charge in [-0.25, -0.2) is 4.79 Å². The van der Waals surface area contributed by atoms with Crippen LogP contribution in [0.1, 0.15) is 17.3 Å². The summed E-state index contributed by atoms with van der Waals surface area (Å²) >= 11 is 0. The molecule has 1 amide bonds. The molecule has 0 unspecified atom stereocenters. The van der Waals surface area contributed by atoms with E-state index in [0.29, 0.717) is 0 Å². The Hall–Kier alpha value is -2.28. The van der Waals surface area contributed by atoms with Gasteiger partial charge in [0.25, 0.3) is 5.91 Å². The number of phenols is 2. The summed E-state index contributed by atoms with van der Waals surface area (Å²) in [5.74, 6) is -2.87. The van der Waals surface area contributed by atoms with E-state index in [1.807, 2.05) is 0 Å². The lowest BCUT2D eigenvalue weighted by Crippen LogP contribution is -2.47. The van der Waals surface area contributed by atoms with Gasteiger partial charge in [0.2, 0.25) is 0 Å². The Morgan fingerprint density at radius 3 is 2.06 bits per heavy atom. The van der Waals surface area contributed by atoms with E-state index in [4.69, 9.17) is 5.11 Å². The fourth-order valence-electron chi connectivity index (χ4n) is 1.34. The molecule has 0 saturated heterocycles. The molecule has 7 heteroatoms. The highest BCUT2D eigenvalue weighted by atomic mass is 16.4. The van der Waals surface area contributed by atoms with Gasteiger partial charge in [-0.3, -0.25) is 4.79 Å². The SMILES string of the molecule is C[C@@H](O)[C@H](NC(=O)c1cc(O)cc(O)c1)C(=O)O. The molecule has 5 N–H and O–H groups in total. The van der Waals surface area contributed by atoms with Gasteiger partial charge in [-0.05, 0) is 19.1 Å². The molecule has 0 radical (unpaired) electrons. The minimum absolute atomic E-state index is 0.112. The van der Waals surface area contributed by atoms with Gasteiger partial charge >= 0.3 is 5.97 Å². The summed E-state index contributed by atoms with van der Waals surface area (Å²) < 4.78 is 0. The van der Waals surface area contributed by atoms with Crippen molar-refractivity contribution in [1.82, 2.24) is 5.32 Å². The number of carbonyl (C=O) groups is 2. The Kier molecular flexibility index (Phi) is 4.11. The highest BCUT2D eigenvalue weighted by Gasteiger charge is 2.25. The first-order valence-electron chi connectivity index (χ1n) is 5.06. The van der Waals surface area contributed by atoms with Crippen molar-refractivity contribution in [3.05, 3.63) is 23.8 Å². The van der Waals surface area contributed by atoms with Gasteiger partial charge in [0.05, 0.1) is 6.10 Å². The molecule has 0 heterocycles. The summed E-state index contributed by atoms with van der Waals surface area (Å²) in [4.78, 5) is 22.4. The van der Waals surface area contributed by atoms with Crippen molar-refractivity contribution < 1.29 is 30.0 Å². The average Bonchev–Trinajstić information content (AvgIpc) is 2.23. The highest BCUT2D eigenvalue weighted by Crippen LogP contribution is 2.20. The number of rotatable bonds is 4. The monoisotopic (exact) mass is 255 g/mol. The molecule has 0 aromatic heterocycles. The van der Waals surface area contributed by atoms with Gasteiger partial charge < -0.3 is 25.7 Å². The van der Waals surface area contributed by atoms with Crippen LogP contribution in [-0.2, 0) is 4.79 Å². The number of nitrogens with one attached hydrogen (secondary N) is 1. The lowest BCUT2D eigenvalue weighted by Gasteiger charge is -2.17. The number of aromatic hydroxyl groups is 2.